The molecule has 82 valence electrons. The minimum Gasteiger partial charge on any atom is -0.322 e. The number of amides is 1. The maximum absolute atomic E-state index is 11.6. The Bertz CT molecular complexity index is 354. The number of nitrogens with zero attached hydrogens (tertiary/aromatic N) is 1. The van der Waals surface area contributed by atoms with Crippen molar-refractivity contribution in [3.8, 4) is 0 Å². The minimum absolute atomic E-state index is 0.0837. The quantitative estimate of drug-likeness (QED) is 0.825. The molecule has 1 aromatic heterocycles. The molecule has 0 radical (unpaired) electrons. The van der Waals surface area contributed by atoms with E-state index in [1.807, 2.05) is 13.8 Å². The lowest BCUT2D eigenvalue weighted by atomic mass is 10.1. The fourth-order valence-electron chi connectivity index (χ4n) is 0.988. The Morgan fingerprint density at radius 1 is 1.60 bits per heavy atom. The molecule has 5 heteroatoms. The molecule has 1 heterocycles. The van der Waals surface area contributed by atoms with Gasteiger partial charge in [-0.2, -0.15) is 0 Å². The van der Waals surface area contributed by atoms with Crippen LogP contribution < -0.4 is 11.1 Å². The van der Waals surface area contributed by atoms with Gasteiger partial charge in [-0.15, -0.1) is 0 Å². The Morgan fingerprint density at radius 3 is 2.80 bits per heavy atom. The smallest absolute Gasteiger partial charge is 0.241 e. The molecule has 0 aliphatic rings. The van der Waals surface area contributed by atoms with Crippen molar-refractivity contribution in [1.29, 1.82) is 0 Å². The van der Waals surface area contributed by atoms with E-state index in [0.29, 0.717) is 10.7 Å². The summed E-state index contributed by atoms with van der Waals surface area (Å²) >= 11 is 5.86. The van der Waals surface area contributed by atoms with Gasteiger partial charge in [0.15, 0.2) is 0 Å². The zero-order chi connectivity index (χ0) is 11.4. The second-order valence-electron chi connectivity index (χ2n) is 3.61. The summed E-state index contributed by atoms with van der Waals surface area (Å²) in [6.07, 6.45) is 3.05. The predicted molar refractivity (Wildman–Crippen MR) is 60.7 cm³/mol. The number of anilines is 1. The molecule has 0 fully saturated rings. The van der Waals surface area contributed by atoms with Gasteiger partial charge in [0.1, 0.15) is 0 Å². The number of hydrogen-bond acceptors (Lipinski definition) is 3. The van der Waals surface area contributed by atoms with Crippen LogP contribution in [0.4, 0.5) is 5.69 Å². The number of pyridine rings is 1. The Hall–Kier alpha value is -1.13. The van der Waals surface area contributed by atoms with Crippen LogP contribution in [0.3, 0.4) is 0 Å². The third kappa shape index (κ3) is 3.18. The highest BCUT2D eigenvalue weighted by molar-refractivity contribution is 6.33. The van der Waals surface area contributed by atoms with Crippen molar-refractivity contribution in [1.82, 2.24) is 4.98 Å². The van der Waals surface area contributed by atoms with E-state index < -0.39 is 6.04 Å². The molecule has 0 saturated heterocycles. The van der Waals surface area contributed by atoms with E-state index in [0.717, 1.165) is 0 Å². The first-order valence-corrected chi connectivity index (χ1v) is 5.06. The topological polar surface area (TPSA) is 68.0 Å². The molecule has 1 unspecified atom stereocenters. The SMILES string of the molecule is CC(C)C(N)C(=O)Nc1cnccc1Cl. The van der Waals surface area contributed by atoms with Crippen molar-refractivity contribution >= 4 is 23.2 Å². The first kappa shape index (κ1) is 11.9. The molecule has 1 atom stereocenters. The second-order valence-corrected chi connectivity index (χ2v) is 4.02. The van der Waals surface area contributed by atoms with E-state index in [1.165, 1.54) is 6.20 Å². The predicted octanol–water partition coefficient (Wildman–Crippen LogP) is 1.66. The zero-order valence-electron chi connectivity index (χ0n) is 8.70. The fourth-order valence-corrected chi connectivity index (χ4v) is 1.14. The van der Waals surface area contributed by atoms with Gasteiger partial charge in [0.2, 0.25) is 5.91 Å². The van der Waals surface area contributed by atoms with Gasteiger partial charge in [-0.1, -0.05) is 25.4 Å². The molecule has 1 rings (SSSR count). The first-order valence-electron chi connectivity index (χ1n) is 4.68. The summed E-state index contributed by atoms with van der Waals surface area (Å²) in [6, 6.07) is 1.07. The number of nitrogens with two attached hydrogens (primary N) is 1. The summed E-state index contributed by atoms with van der Waals surface area (Å²) in [5.74, 6) is -0.166. The highest BCUT2D eigenvalue weighted by Crippen LogP contribution is 2.19. The third-order valence-electron chi connectivity index (χ3n) is 2.05. The Morgan fingerprint density at radius 2 is 2.27 bits per heavy atom. The number of hydrogen-bond donors (Lipinski definition) is 2. The van der Waals surface area contributed by atoms with Crippen LogP contribution in [0.5, 0.6) is 0 Å². The molecule has 1 aromatic rings. The van der Waals surface area contributed by atoms with Gasteiger partial charge >= 0.3 is 0 Å². The van der Waals surface area contributed by atoms with Crippen molar-refractivity contribution in [3.05, 3.63) is 23.5 Å². The third-order valence-corrected chi connectivity index (χ3v) is 2.38. The Kier molecular flexibility index (Phi) is 4.05. The van der Waals surface area contributed by atoms with Crippen LogP contribution in [0.25, 0.3) is 0 Å². The fraction of sp³-hybridized carbons (Fsp3) is 0.400. The van der Waals surface area contributed by atoms with Crippen molar-refractivity contribution < 1.29 is 4.79 Å². The molecule has 0 bridgehead atoms. The maximum Gasteiger partial charge on any atom is 0.241 e. The Labute approximate surface area is 93.8 Å². The summed E-state index contributed by atoms with van der Waals surface area (Å²) in [7, 11) is 0. The summed E-state index contributed by atoms with van der Waals surface area (Å²) in [5, 5.41) is 3.09. The van der Waals surface area contributed by atoms with Crippen molar-refractivity contribution in [2.75, 3.05) is 5.32 Å². The van der Waals surface area contributed by atoms with Gasteiger partial charge < -0.3 is 11.1 Å². The normalized spacial score (nSPS) is 12.6. The number of carbonyl (C=O) groups is 1. The molecule has 0 saturated carbocycles. The van der Waals surface area contributed by atoms with E-state index in [-0.39, 0.29) is 11.8 Å². The summed E-state index contributed by atoms with van der Waals surface area (Å²) in [5.41, 5.74) is 6.17. The summed E-state index contributed by atoms with van der Waals surface area (Å²) < 4.78 is 0. The molecule has 4 nitrogen and oxygen atoms in total. The van der Waals surface area contributed by atoms with Crippen molar-refractivity contribution in [2.24, 2.45) is 11.7 Å². The maximum atomic E-state index is 11.6. The van der Waals surface area contributed by atoms with Crippen LogP contribution in [0, 0.1) is 5.92 Å². The Balaban J connectivity index is 2.71. The molecular weight excluding hydrogens is 214 g/mol. The molecular formula is C10H14ClN3O. The number of aromatic nitrogens is 1. The first-order chi connectivity index (χ1) is 7.02. The van der Waals surface area contributed by atoms with Gasteiger partial charge in [0.05, 0.1) is 22.9 Å². The number of carbonyl (C=O) groups excluding carboxylic acids is 1. The van der Waals surface area contributed by atoms with Crippen molar-refractivity contribution in [2.45, 2.75) is 19.9 Å². The van der Waals surface area contributed by atoms with E-state index >= 15 is 0 Å². The minimum atomic E-state index is -0.540. The van der Waals surface area contributed by atoms with Crippen LogP contribution in [0.1, 0.15) is 13.8 Å². The monoisotopic (exact) mass is 227 g/mol. The highest BCUT2D eigenvalue weighted by atomic mass is 35.5. The standard InChI is InChI=1S/C10H14ClN3O/c1-6(2)9(12)10(15)14-8-5-13-4-3-7(8)11/h3-6,9H,12H2,1-2H3,(H,14,15). The molecule has 0 aromatic carbocycles. The van der Waals surface area contributed by atoms with Crippen LogP contribution in [0.2, 0.25) is 5.02 Å². The van der Waals surface area contributed by atoms with Crippen molar-refractivity contribution in [3.63, 3.8) is 0 Å². The lowest BCUT2D eigenvalue weighted by molar-refractivity contribution is -0.118. The molecule has 15 heavy (non-hydrogen) atoms. The van der Waals surface area contributed by atoms with E-state index in [1.54, 1.807) is 12.3 Å². The average molecular weight is 228 g/mol. The highest BCUT2D eigenvalue weighted by Gasteiger charge is 2.17. The van der Waals surface area contributed by atoms with Crippen LogP contribution in [-0.2, 0) is 4.79 Å². The average Bonchev–Trinajstić information content (AvgIpc) is 2.20. The van der Waals surface area contributed by atoms with Gasteiger partial charge in [0.25, 0.3) is 0 Å². The van der Waals surface area contributed by atoms with Gasteiger partial charge in [-0.05, 0) is 12.0 Å². The lowest BCUT2D eigenvalue weighted by Crippen LogP contribution is -2.39. The molecule has 1 amide bonds. The molecule has 0 aliphatic heterocycles. The second kappa shape index (κ2) is 5.09. The molecule has 0 aliphatic carbocycles. The molecule has 3 N–H and O–H groups in total. The summed E-state index contributed by atoms with van der Waals surface area (Å²) in [4.78, 5) is 15.4. The molecule has 0 spiro atoms. The van der Waals surface area contributed by atoms with Gasteiger partial charge in [0, 0.05) is 6.20 Å². The van der Waals surface area contributed by atoms with E-state index in [9.17, 15) is 4.79 Å². The van der Waals surface area contributed by atoms with Gasteiger partial charge in [-0.3, -0.25) is 9.78 Å². The van der Waals surface area contributed by atoms with E-state index in [2.05, 4.69) is 10.3 Å². The zero-order valence-corrected chi connectivity index (χ0v) is 9.45. The van der Waals surface area contributed by atoms with Crippen LogP contribution in [0.15, 0.2) is 18.5 Å². The number of halogens is 1. The number of nitrogens with one attached hydrogen (secondary N) is 1. The van der Waals surface area contributed by atoms with E-state index in [4.69, 9.17) is 17.3 Å². The van der Waals surface area contributed by atoms with Crippen LogP contribution in [-0.4, -0.2) is 16.9 Å². The largest absolute Gasteiger partial charge is 0.322 e. The lowest BCUT2D eigenvalue weighted by Gasteiger charge is -2.15. The number of rotatable bonds is 3. The van der Waals surface area contributed by atoms with Gasteiger partial charge in [-0.25, -0.2) is 0 Å². The van der Waals surface area contributed by atoms with Crippen LogP contribution >= 0.6 is 11.6 Å². The summed E-state index contributed by atoms with van der Waals surface area (Å²) in [6.45, 7) is 3.77.